The maximum Gasteiger partial charge on any atom is 0.124 e. The van der Waals surface area contributed by atoms with Gasteiger partial charge in [-0.15, -0.1) is 12.4 Å². The smallest absolute Gasteiger partial charge is 0.124 e. The minimum absolute atomic E-state index is 0. The summed E-state index contributed by atoms with van der Waals surface area (Å²) in [5.74, 6) is -0.294. The number of pyridine rings is 1. The number of nitrogens with zero attached hydrogens (tertiary/aromatic N) is 3. The number of aromatic nitrogens is 3. The second-order valence-electron chi connectivity index (χ2n) is 4.44. The number of benzene rings is 1. The normalized spacial score (nSPS) is 10.2. The van der Waals surface area contributed by atoms with Crippen LogP contribution in [0.15, 0.2) is 55.1 Å². The molecule has 0 saturated heterocycles. The highest BCUT2D eigenvalue weighted by atomic mass is 35.5. The minimum Gasteiger partial charge on any atom is -0.326 e. The Hall–Kier alpha value is -2.24. The van der Waals surface area contributed by atoms with Crippen LogP contribution < -0.4 is 5.73 Å². The molecule has 2 aromatic heterocycles. The van der Waals surface area contributed by atoms with Crippen LogP contribution in [0.5, 0.6) is 0 Å². The van der Waals surface area contributed by atoms with Crippen LogP contribution in [-0.4, -0.2) is 14.8 Å². The van der Waals surface area contributed by atoms with E-state index in [9.17, 15) is 4.39 Å². The molecule has 0 unspecified atom stereocenters. The molecule has 0 bridgehead atoms. The summed E-state index contributed by atoms with van der Waals surface area (Å²) in [4.78, 5) is 4.05. The standard InChI is InChI=1S/C15H13FN4.ClH/c16-14-5-11(7-17)4-12(6-14)13-8-19-20(10-13)15-2-1-3-18-9-15;/h1-6,8-10H,7,17H2;1H. The van der Waals surface area contributed by atoms with Crippen molar-refractivity contribution in [3.05, 3.63) is 66.5 Å². The SMILES string of the molecule is Cl.NCc1cc(F)cc(-c2cnn(-c3cccnc3)c2)c1. The molecule has 108 valence electrons. The van der Waals surface area contributed by atoms with Gasteiger partial charge in [0.15, 0.2) is 0 Å². The van der Waals surface area contributed by atoms with Gasteiger partial charge in [0, 0.05) is 24.5 Å². The summed E-state index contributed by atoms with van der Waals surface area (Å²) in [6.45, 7) is 0.307. The number of hydrogen-bond donors (Lipinski definition) is 1. The van der Waals surface area contributed by atoms with E-state index in [0.29, 0.717) is 6.54 Å². The quantitative estimate of drug-likeness (QED) is 0.809. The van der Waals surface area contributed by atoms with Gasteiger partial charge in [0.25, 0.3) is 0 Å². The second kappa shape index (κ2) is 6.47. The zero-order valence-electron chi connectivity index (χ0n) is 11.1. The van der Waals surface area contributed by atoms with Gasteiger partial charge in [0.1, 0.15) is 5.82 Å². The third-order valence-electron chi connectivity index (χ3n) is 3.02. The van der Waals surface area contributed by atoms with Gasteiger partial charge in [-0.2, -0.15) is 5.10 Å². The number of halogens is 2. The lowest BCUT2D eigenvalue weighted by molar-refractivity contribution is 0.626. The second-order valence-corrected chi connectivity index (χ2v) is 4.44. The van der Waals surface area contributed by atoms with E-state index in [4.69, 9.17) is 5.73 Å². The molecule has 4 nitrogen and oxygen atoms in total. The third kappa shape index (κ3) is 3.26. The van der Waals surface area contributed by atoms with Crippen LogP contribution in [0.4, 0.5) is 4.39 Å². The van der Waals surface area contributed by atoms with Crippen LogP contribution in [0.3, 0.4) is 0 Å². The monoisotopic (exact) mass is 304 g/mol. The Morgan fingerprint density at radius 3 is 2.71 bits per heavy atom. The predicted octanol–water partition coefficient (Wildman–Crippen LogP) is 2.95. The van der Waals surface area contributed by atoms with Crippen molar-refractivity contribution in [3.63, 3.8) is 0 Å². The van der Waals surface area contributed by atoms with Gasteiger partial charge in [-0.3, -0.25) is 4.98 Å². The largest absolute Gasteiger partial charge is 0.326 e. The molecule has 0 amide bonds. The van der Waals surface area contributed by atoms with Crippen molar-refractivity contribution in [2.45, 2.75) is 6.54 Å². The minimum atomic E-state index is -0.294. The highest BCUT2D eigenvalue weighted by Crippen LogP contribution is 2.22. The van der Waals surface area contributed by atoms with Crippen molar-refractivity contribution >= 4 is 12.4 Å². The zero-order valence-corrected chi connectivity index (χ0v) is 11.9. The topological polar surface area (TPSA) is 56.7 Å². The van der Waals surface area contributed by atoms with Crippen molar-refractivity contribution in [1.29, 1.82) is 0 Å². The van der Waals surface area contributed by atoms with E-state index < -0.39 is 0 Å². The molecule has 3 rings (SSSR count). The van der Waals surface area contributed by atoms with E-state index in [0.717, 1.165) is 22.4 Å². The van der Waals surface area contributed by atoms with E-state index in [-0.39, 0.29) is 18.2 Å². The van der Waals surface area contributed by atoms with Gasteiger partial charge in [0.05, 0.1) is 18.1 Å². The van der Waals surface area contributed by atoms with E-state index in [1.165, 1.54) is 12.1 Å². The third-order valence-corrected chi connectivity index (χ3v) is 3.02. The van der Waals surface area contributed by atoms with E-state index in [1.807, 2.05) is 24.4 Å². The van der Waals surface area contributed by atoms with Crippen LogP contribution >= 0.6 is 12.4 Å². The van der Waals surface area contributed by atoms with Crippen molar-refractivity contribution in [2.75, 3.05) is 0 Å². The van der Waals surface area contributed by atoms with Gasteiger partial charge < -0.3 is 5.73 Å². The Kier molecular flexibility index (Phi) is 4.67. The maximum absolute atomic E-state index is 13.5. The first-order valence-electron chi connectivity index (χ1n) is 6.21. The molecule has 0 saturated carbocycles. The fourth-order valence-electron chi connectivity index (χ4n) is 2.04. The average molecular weight is 305 g/mol. The van der Waals surface area contributed by atoms with E-state index in [1.54, 1.807) is 23.3 Å². The van der Waals surface area contributed by atoms with Gasteiger partial charge in [-0.1, -0.05) is 0 Å². The summed E-state index contributed by atoms with van der Waals surface area (Å²) in [5, 5.41) is 4.27. The number of rotatable bonds is 3. The van der Waals surface area contributed by atoms with Crippen LogP contribution in [0.2, 0.25) is 0 Å². The summed E-state index contributed by atoms with van der Waals surface area (Å²) in [6, 6.07) is 8.53. The number of hydrogen-bond acceptors (Lipinski definition) is 3. The van der Waals surface area contributed by atoms with Crippen LogP contribution in [0.1, 0.15) is 5.56 Å². The first-order chi connectivity index (χ1) is 9.76. The van der Waals surface area contributed by atoms with E-state index >= 15 is 0 Å². The molecular formula is C15H14ClFN4. The molecule has 2 heterocycles. The molecule has 1 aromatic carbocycles. The molecule has 0 aliphatic rings. The van der Waals surface area contributed by atoms with Crippen molar-refractivity contribution in [3.8, 4) is 16.8 Å². The summed E-state index contributed by atoms with van der Waals surface area (Å²) < 4.78 is 15.2. The molecule has 0 aliphatic carbocycles. The van der Waals surface area contributed by atoms with Gasteiger partial charge in [0.2, 0.25) is 0 Å². The van der Waals surface area contributed by atoms with Gasteiger partial charge >= 0.3 is 0 Å². The molecule has 0 atom stereocenters. The van der Waals surface area contributed by atoms with E-state index in [2.05, 4.69) is 10.1 Å². The van der Waals surface area contributed by atoms with Gasteiger partial charge in [-0.25, -0.2) is 9.07 Å². The highest BCUT2D eigenvalue weighted by Gasteiger charge is 2.06. The first-order valence-corrected chi connectivity index (χ1v) is 6.21. The molecule has 2 N–H and O–H groups in total. The lowest BCUT2D eigenvalue weighted by atomic mass is 10.1. The lowest BCUT2D eigenvalue weighted by Gasteiger charge is -2.02. The van der Waals surface area contributed by atoms with Crippen molar-refractivity contribution in [1.82, 2.24) is 14.8 Å². The Morgan fingerprint density at radius 1 is 1.14 bits per heavy atom. The molecule has 3 aromatic rings. The molecule has 6 heteroatoms. The first kappa shape index (κ1) is 15.2. The van der Waals surface area contributed by atoms with Crippen LogP contribution in [-0.2, 0) is 6.54 Å². The summed E-state index contributed by atoms with van der Waals surface area (Å²) in [7, 11) is 0. The van der Waals surface area contributed by atoms with Gasteiger partial charge in [-0.05, 0) is 41.5 Å². The van der Waals surface area contributed by atoms with Crippen molar-refractivity contribution in [2.24, 2.45) is 5.73 Å². The number of nitrogens with two attached hydrogens (primary N) is 1. The lowest BCUT2D eigenvalue weighted by Crippen LogP contribution is -1.97. The molecular weight excluding hydrogens is 291 g/mol. The Morgan fingerprint density at radius 2 is 2.00 bits per heavy atom. The summed E-state index contributed by atoms with van der Waals surface area (Å²) in [6.07, 6.45) is 6.95. The zero-order chi connectivity index (χ0) is 13.9. The fraction of sp³-hybridized carbons (Fsp3) is 0.0667. The predicted molar refractivity (Wildman–Crippen MR) is 81.9 cm³/mol. The highest BCUT2D eigenvalue weighted by molar-refractivity contribution is 5.85. The molecule has 0 spiro atoms. The van der Waals surface area contributed by atoms with Crippen LogP contribution in [0.25, 0.3) is 16.8 Å². The summed E-state index contributed by atoms with van der Waals surface area (Å²) in [5.41, 5.74) is 8.78. The Bertz CT molecular complexity index is 728. The fourth-order valence-corrected chi connectivity index (χ4v) is 2.04. The average Bonchev–Trinajstić information content (AvgIpc) is 2.97. The van der Waals surface area contributed by atoms with Crippen molar-refractivity contribution < 1.29 is 4.39 Å². The summed E-state index contributed by atoms with van der Waals surface area (Å²) >= 11 is 0. The Labute approximate surface area is 127 Å². The Balaban J connectivity index is 0.00000161. The molecule has 0 radical (unpaired) electrons. The van der Waals surface area contributed by atoms with Crippen LogP contribution in [0, 0.1) is 5.82 Å². The maximum atomic E-state index is 13.5. The molecule has 0 aliphatic heterocycles. The molecule has 0 fully saturated rings. The molecule has 21 heavy (non-hydrogen) atoms.